The molecule has 4 heteroatoms. The molecule has 112 valence electrons. The second-order valence-electron chi connectivity index (χ2n) is 5.00. The summed E-state index contributed by atoms with van der Waals surface area (Å²) in [6, 6.07) is 19.5. The maximum absolute atomic E-state index is 12.5. The number of rotatable bonds is 3. The lowest BCUT2D eigenvalue weighted by atomic mass is 10.1. The van der Waals surface area contributed by atoms with Crippen LogP contribution in [-0.2, 0) is 12.6 Å². The molecule has 0 fully saturated rings. The highest BCUT2D eigenvalue weighted by molar-refractivity contribution is 7.15. The Kier molecular flexibility index (Phi) is 4.03. The summed E-state index contributed by atoms with van der Waals surface area (Å²) >= 11 is 1.67. The summed E-state index contributed by atoms with van der Waals surface area (Å²) < 4.78 is 37.6. The third kappa shape index (κ3) is 3.39. The van der Waals surface area contributed by atoms with Gasteiger partial charge in [-0.15, -0.1) is 11.3 Å². The van der Waals surface area contributed by atoms with E-state index in [-0.39, 0.29) is 0 Å². The second-order valence-corrected chi connectivity index (χ2v) is 6.17. The lowest BCUT2D eigenvalue weighted by Gasteiger charge is -2.07. The minimum absolute atomic E-state index is 0.604. The average Bonchev–Trinajstić information content (AvgIpc) is 2.96. The van der Waals surface area contributed by atoms with E-state index in [1.165, 1.54) is 4.88 Å². The molecule has 1 heterocycles. The minimum atomic E-state index is -4.28. The van der Waals surface area contributed by atoms with E-state index < -0.39 is 11.7 Å². The molecular formula is C18H13F3S. The normalized spacial score (nSPS) is 11.6. The highest BCUT2D eigenvalue weighted by Gasteiger charge is 2.29. The summed E-state index contributed by atoms with van der Waals surface area (Å²) in [5.41, 5.74) is 1.44. The predicted octanol–water partition coefficient (Wildman–Crippen LogP) is 6.02. The Bertz CT molecular complexity index is 740. The lowest BCUT2D eigenvalue weighted by molar-refractivity contribution is -0.137. The zero-order valence-electron chi connectivity index (χ0n) is 11.6. The van der Waals surface area contributed by atoms with Crippen molar-refractivity contribution in [3.8, 4) is 10.4 Å². The van der Waals surface area contributed by atoms with Gasteiger partial charge in [0.05, 0.1) is 5.56 Å². The van der Waals surface area contributed by atoms with Crippen LogP contribution in [0.2, 0.25) is 0 Å². The van der Waals surface area contributed by atoms with E-state index >= 15 is 0 Å². The fourth-order valence-corrected chi connectivity index (χ4v) is 3.29. The number of halogens is 3. The van der Waals surface area contributed by atoms with Gasteiger partial charge in [-0.05, 0) is 35.4 Å². The second kappa shape index (κ2) is 5.97. The van der Waals surface area contributed by atoms with Gasteiger partial charge in [0.25, 0.3) is 0 Å². The van der Waals surface area contributed by atoms with E-state index in [9.17, 15) is 13.2 Å². The molecule has 0 aliphatic carbocycles. The van der Waals surface area contributed by atoms with Crippen molar-refractivity contribution < 1.29 is 13.2 Å². The van der Waals surface area contributed by atoms with Gasteiger partial charge in [0.2, 0.25) is 0 Å². The Balaban J connectivity index is 1.76. The van der Waals surface area contributed by atoms with Crippen LogP contribution < -0.4 is 0 Å². The Morgan fingerprint density at radius 3 is 2.09 bits per heavy atom. The van der Waals surface area contributed by atoms with E-state index in [0.29, 0.717) is 6.42 Å². The van der Waals surface area contributed by atoms with Gasteiger partial charge in [0.15, 0.2) is 0 Å². The van der Waals surface area contributed by atoms with Gasteiger partial charge in [-0.3, -0.25) is 0 Å². The smallest absolute Gasteiger partial charge is 0.166 e. The molecule has 2 aromatic carbocycles. The highest BCUT2D eigenvalue weighted by atomic mass is 32.1. The number of hydrogen-bond donors (Lipinski definition) is 0. The summed E-state index contributed by atoms with van der Waals surface area (Å²) in [6.45, 7) is 0. The van der Waals surface area contributed by atoms with Crippen LogP contribution >= 0.6 is 11.3 Å². The van der Waals surface area contributed by atoms with Crippen LogP contribution in [0.4, 0.5) is 13.2 Å². The Morgan fingerprint density at radius 1 is 0.773 bits per heavy atom. The van der Waals surface area contributed by atoms with Crippen LogP contribution in [0.25, 0.3) is 10.4 Å². The monoisotopic (exact) mass is 318 g/mol. The van der Waals surface area contributed by atoms with Crippen molar-refractivity contribution in [3.63, 3.8) is 0 Å². The molecule has 0 saturated carbocycles. The van der Waals surface area contributed by atoms with Gasteiger partial charge in [0.1, 0.15) is 0 Å². The summed E-state index contributed by atoms with van der Waals surface area (Å²) in [6.07, 6.45) is -3.63. The molecule has 0 radical (unpaired) electrons. The maximum atomic E-state index is 12.5. The minimum Gasteiger partial charge on any atom is -0.166 e. The maximum Gasteiger partial charge on any atom is 0.416 e. The van der Waals surface area contributed by atoms with Gasteiger partial charge in [-0.2, -0.15) is 13.2 Å². The van der Waals surface area contributed by atoms with Crippen LogP contribution in [0, 0.1) is 0 Å². The molecule has 0 nitrogen and oxygen atoms in total. The van der Waals surface area contributed by atoms with Gasteiger partial charge < -0.3 is 0 Å². The molecule has 3 rings (SSSR count). The number of hydrogen-bond acceptors (Lipinski definition) is 1. The molecule has 0 unspecified atom stereocenters. The molecule has 1 aromatic heterocycles. The molecule has 0 saturated heterocycles. The van der Waals surface area contributed by atoms with Crippen molar-refractivity contribution in [1.29, 1.82) is 0 Å². The largest absolute Gasteiger partial charge is 0.416 e. The lowest BCUT2D eigenvalue weighted by Crippen LogP contribution is -2.04. The first kappa shape index (κ1) is 14.9. The molecule has 3 aromatic rings. The van der Waals surface area contributed by atoms with Gasteiger partial charge in [0, 0.05) is 16.2 Å². The van der Waals surface area contributed by atoms with E-state index in [0.717, 1.165) is 28.1 Å². The van der Waals surface area contributed by atoms with E-state index in [1.54, 1.807) is 23.5 Å². The van der Waals surface area contributed by atoms with Crippen LogP contribution in [0.1, 0.15) is 16.0 Å². The van der Waals surface area contributed by atoms with E-state index in [2.05, 4.69) is 6.07 Å². The average molecular weight is 318 g/mol. The first-order valence-corrected chi connectivity index (χ1v) is 7.64. The quantitative estimate of drug-likeness (QED) is 0.553. The molecule has 0 amide bonds. The fourth-order valence-electron chi connectivity index (χ4n) is 2.24. The fraction of sp³-hybridized carbons (Fsp3) is 0.111. The standard InChI is InChI=1S/C18H13F3S/c19-18(20,21)15-8-6-13(7-9-15)12-16-10-11-17(22-16)14-4-2-1-3-5-14/h1-11H,12H2. The van der Waals surface area contributed by atoms with E-state index in [1.807, 2.05) is 36.4 Å². The molecule has 0 N–H and O–H groups in total. The molecule has 0 aliphatic heterocycles. The van der Waals surface area contributed by atoms with Gasteiger partial charge >= 0.3 is 6.18 Å². The number of thiophene rings is 1. The summed E-state index contributed by atoms with van der Waals surface area (Å²) in [5, 5.41) is 0. The molecule has 0 spiro atoms. The number of alkyl halides is 3. The van der Waals surface area contributed by atoms with Crippen molar-refractivity contribution >= 4 is 11.3 Å². The van der Waals surface area contributed by atoms with Crippen molar-refractivity contribution in [1.82, 2.24) is 0 Å². The molecule has 0 aliphatic rings. The van der Waals surface area contributed by atoms with Gasteiger partial charge in [-0.1, -0.05) is 42.5 Å². The first-order chi connectivity index (χ1) is 10.5. The van der Waals surface area contributed by atoms with Crippen molar-refractivity contribution in [2.75, 3.05) is 0 Å². The Labute approximate surface area is 130 Å². The third-order valence-electron chi connectivity index (χ3n) is 3.38. The highest BCUT2D eigenvalue weighted by Crippen LogP contribution is 2.31. The first-order valence-electron chi connectivity index (χ1n) is 6.83. The van der Waals surface area contributed by atoms with Crippen LogP contribution in [0.3, 0.4) is 0 Å². The van der Waals surface area contributed by atoms with Crippen molar-refractivity contribution in [2.45, 2.75) is 12.6 Å². The molecule has 0 atom stereocenters. The zero-order chi connectivity index (χ0) is 15.6. The van der Waals surface area contributed by atoms with Crippen LogP contribution in [0.5, 0.6) is 0 Å². The van der Waals surface area contributed by atoms with Crippen molar-refractivity contribution in [3.05, 3.63) is 82.7 Å². The topological polar surface area (TPSA) is 0 Å². The van der Waals surface area contributed by atoms with Crippen LogP contribution in [-0.4, -0.2) is 0 Å². The molecular weight excluding hydrogens is 305 g/mol. The Hall–Kier alpha value is -2.07. The van der Waals surface area contributed by atoms with Crippen molar-refractivity contribution in [2.24, 2.45) is 0 Å². The van der Waals surface area contributed by atoms with Crippen LogP contribution in [0.15, 0.2) is 66.7 Å². The summed E-state index contributed by atoms with van der Waals surface area (Å²) in [5.74, 6) is 0. The Morgan fingerprint density at radius 2 is 1.45 bits per heavy atom. The predicted molar refractivity (Wildman–Crippen MR) is 84.0 cm³/mol. The summed E-state index contributed by atoms with van der Waals surface area (Å²) in [4.78, 5) is 2.31. The third-order valence-corrected chi connectivity index (χ3v) is 4.51. The van der Waals surface area contributed by atoms with E-state index in [4.69, 9.17) is 0 Å². The molecule has 22 heavy (non-hydrogen) atoms. The van der Waals surface area contributed by atoms with Gasteiger partial charge in [-0.25, -0.2) is 0 Å². The number of benzene rings is 2. The summed E-state index contributed by atoms with van der Waals surface area (Å²) in [7, 11) is 0. The zero-order valence-corrected chi connectivity index (χ0v) is 12.4. The SMILES string of the molecule is FC(F)(F)c1ccc(Cc2ccc(-c3ccccc3)s2)cc1. The molecule has 0 bridgehead atoms.